The zero-order chi connectivity index (χ0) is 13.3. The highest BCUT2D eigenvalue weighted by molar-refractivity contribution is 9.09. The van der Waals surface area contributed by atoms with Gasteiger partial charge in [0.15, 0.2) is 0 Å². The summed E-state index contributed by atoms with van der Waals surface area (Å²) >= 11 is 15.7. The van der Waals surface area contributed by atoms with Gasteiger partial charge in [0.25, 0.3) is 0 Å². The molecule has 2 aromatic carbocycles. The van der Waals surface area contributed by atoms with E-state index in [0.717, 1.165) is 16.7 Å². The fourth-order valence-electron chi connectivity index (χ4n) is 1.76. The molecule has 0 fully saturated rings. The minimum Gasteiger partial charge on any atom is -0.207 e. The number of rotatable bonds is 2. The van der Waals surface area contributed by atoms with Crippen LogP contribution in [0.25, 0.3) is 0 Å². The van der Waals surface area contributed by atoms with Crippen LogP contribution in [0.2, 0.25) is 10.0 Å². The van der Waals surface area contributed by atoms with Gasteiger partial charge < -0.3 is 0 Å². The summed E-state index contributed by atoms with van der Waals surface area (Å²) in [7, 11) is 0. The topological polar surface area (TPSA) is 0 Å². The van der Waals surface area contributed by atoms with E-state index in [0.29, 0.717) is 10.0 Å². The molecule has 0 aliphatic heterocycles. The molecule has 0 saturated carbocycles. The van der Waals surface area contributed by atoms with Crippen LogP contribution in [0.3, 0.4) is 0 Å². The van der Waals surface area contributed by atoms with E-state index in [4.69, 9.17) is 23.2 Å². The van der Waals surface area contributed by atoms with E-state index in [1.807, 2.05) is 6.92 Å². The molecule has 1 unspecified atom stereocenters. The van der Waals surface area contributed by atoms with Crippen molar-refractivity contribution in [1.29, 1.82) is 0 Å². The van der Waals surface area contributed by atoms with Gasteiger partial charge in [0.2, 0.25) is 0 Å². The Balaban J connectivity index is 2.50. The first-order valence-electron chi connectivity index (χ1n) is 5.34. The fourth-order valence-corrected chi connectivity index (χ4v) is 3.17. The van der Waals surface area contributed by atoms with Gasteiger partial charge in [0.05, 0.1) is 4.83 Å². The first-order chi connectivity index (χ1) is 8.49. The number of benzene rings is 2. The van der Waals surface area contributed by atoms with Crippen molar-refractivity contribution in [3.05, 3.63) is 69.0 Å². The van der Waals surface area contributed by atoms with E-state index in [1.54, 1.807) is 24.3 Å². The molecule has 18 heavy (non-hydrogen) atoms. The molecule has 0 aromatic heterocycles. The molecule has 1 atom stereocenters. The van der Waals surface area contributed by atoms with Crippen molar-refractivity contribution in [3.63, 3.8) is 0 Å². The predicted molar refractivity (Wildman–Crippen MR) is 78.4 cm³/mol. The van der Waals surface area contributed by atoms with Crippen molar-refractivity contribution in [2.24, 2.45) is 0 Å². The maximum atomic E-state index is 13.3. The Morgan fingerprint density at radius 1 is 1.06 bits per heavy atom. The molecule has 0 aliphatic rings. The molecule has 0 spiro atoms. The van der Waals surface area contributed by atoms with Gasteiger partial charge >= 0.3 is 0 Å². The predicted octanol–water partition coefficient (Wildman–Crippen LogP) is 5.93. The highest BCUT2D eigenvalue weighted by Crippen LogP contribution is 2.38. The largest absolute Gasteiger partial charge is 0.207 e. The molecule has 0 amide bonds. The maximum Gasteiger partial charge on any atom is 0.123 e. The Morgan fingerprint density at radius 2 is 1.78 bits per heavy atom. The molecule has 0 nitrogen and oxygen atoms in total. The summed E-state index contributed by atoms with van der Waals surface area (Å²) < 4.78 is 13.3. The second-order valence-corrected chi connectivity index (χ2v) is 5.79. The third-order valence-corrected chi connectivity index (χ3v) is 4.31. The summed E-state index contributed by atoms with van der Waals surface area (Å²) in [4.78, 5) is -0.181. The van der Waals surface area contributed by atoms with Crippen molar-refractivity contribution in [2.75, 3.05) is 0 Å². The quantitative estimate of drug-likeness (QED) is 0.591. The highest BCUT2D eigenvalue weighted by Gasteiger charge is 2.16. The van der Waals surface area contributed by atoms with Crippen molar-refractivity contribution < 1.29 is 4.39 Å². The third kappa shape index (κ3) is 2.87. The molecule has 0 bridgehead atoms. The van der Waals surface area contributed by atoms with E-state index >= 15 is 0 Å². The second-order valence-electron chi connectivity index (χ2n) is 4.03. The van der Waals surface area contributed by atoms with E-state index in [-0.39, 0.29) is 10.6 Å². The van der Waals surface area contributed by atoms with Crippen LogP contribution in [0, 0.1) is 12.7 Å². The monoisotopic (exact) mass is 346 g/mol. The lowest BCUT2D eigenvalue weighted by Crippen LogP contribution is -1.98. The lowest BCUT2D eigenvalue weighted by atomic mass is 10.0. The normalized spacial score (nSPS) is 12.5. The Kier molecular flexibility index (Phi) is 4.31. The van der Waals surface area contributed by atoms with E-state index in [9.17, 15) is 4.39 Å². The average molecular weight is 348 g/mol. The van der Waals surface area contributed by atoms with Crippen molar-refractivity contribution >= 4 is 39.1 Å². The Hall–Kier alpha value is -0.570. The van der Waals surface area contributed by atoms with E-state index in [1.165, 1.54) is 12.1 Å². The minimum atomic E-state index is -0.266. The lowest BCUT2D eigenvalue weighted by molar-refractivity contribution is 0.625. The van der Waals surface area contributed by atoms with Crippen LogP contribution < -0.4 is 0 Å². The van der Waals surface area contributed by atoms with Gasteiger partial charge in [-0.25, -0.2) is 4.39 Å². The molecule has 94 valence electrons. The molecule has 0 heterocycles. The van der Waals surface area contributed by atoms with Gasteiger partial charge in [-0.3, -0.25) is 0 Å². The highest BCUT2D eigenvalue weighted by atomic mass is 79.9. The summed E-state index contributed by atoms with van der Waals surface area (Å²) in [6.45, 7) is 1.93. The zero-order valence-corrected chi connectivity index (χ0v) is 12.7. The molecular weight excluding hydrogens is 338 g/mol. The molecule has 0 N–H and O–H groups in total. The summed E-state index contributed by atoms with van der Waals surface area (Å²) in [5, 5.41) is 1.21. The molecule has 2 rings (SSSR count). The standard InChI is InChI=1S/C14H10BrCl2F/c1-8-2-4-10(18)7-11(8)14(15)12-6-9(16)3-5-13(12)17/h2-7,14H,1H3. The van der Waals surface area contributed by atoms with Crippen molar-refractivity contribution in [3.8, 4) is 0 Å². The number of hydrogen-bond acceptors (Lipinski definition) is 0. The Labute approximate surface area is 124 Å². The number of halogens is 4. The first-order valence-corrected chi connectivity index (χ1v) is 7.01. The number of hydrogen-bond donors (Lipinski definition) is 0. The zero-order valence-electron chi connectivity index (χ0n) is 9.55. The molecular formula is C14H10BrCl2F. The van der Waals surface area contributed by atoms with Crippen LogP contribution in [0.5, 0.6) is 0 Å². The fraction of sp³-hybridized carbons (Fsp3) is 0.143. The second kappa shape index (κ2) is 5.60. The Morgan fingerprint density at radius 3 is 2.50 bits per heavy atom. The van der Waals surface area contributed by atoms with Crippen LogP contribution >= 0.6 is 39.1 Å². The van der Waals surface area contributed by atoms with Crippen molar-refractivity contribution in [1.82, 2.24) is 0 Å². The Bertz CT molecular complexity index is 533. The van der Waals surface area contributed by atoms with Crippen LogP contribution in [0.4, 0.5) is 4.39 Å². The summed E-state index contributed by atoms with van der Waals surface area (Å²) in [5.41, 5.74) is 2.67. The van der Waals surface area contributed by atoms with Crippen LogP contribution in [-0.2, 0) is 0 Å². The number of alkyl halides is 1. The molecule has 0 radical (unpaired) electrons. The van der Waals surface area contributed by atoms with Crippen LogP contribution in [0.1, 0.15) is 21.5 Å². The SMILES string of the molecule is Cc1ccc(F)cc1C(Br)c1cc(Cl)ccc1Cl. The molecule has 0 saturated heterocycles. The molecule has 4 heteroatoms. The lowest BCUT2D eigenvalue weighted by Gasteiger charge is -2.15. The minimum absolute atomic E-state index is 0.181. The van der Waals surface area contributed by atoms with Gasteiger partial charge in [-0.15, -0.1) is 0 Å². The summed E-state index contributed by atoms with van der Waals surface area (Å²) in [6.07, 6.45) is 0. The van der Waals surface area contributed by atoms with E-state index < -0.39 is 0 Å². The molecule has 2 aromatic rings. The maximum absolute atomic E-state index is 13.3. The smallest absolute Gasteiger partial charge is 0.123 e. The van der Waals surface area contributed by atoms with Gasteiger partial charge in [0.1, 0.15) is 5.82 Å². The summed E-state index contributed by atoms with van der Waals surface area (Å²) in [6, 6.07) is 9.95. The van der Waals surface area contributed by atoms with Gasteiger partial charge in [-0.05, 0) is 53.9 Å². The van der Waals surface area contributed by atoms with E-state index in [2.05, 4.69) is 15.9 Å². The van der Waals surface area contributed by atoms with Gasteiger partial charge in [0, 0.05) is 10.0 Å². The van der Waals surface area contributed by atoms with Gasteiger partial charge in [-0.2, -0.15) is 0 Å². The molecule has 0 aliphatic carbocycles. The van der Waals surface area contributed by atoms with Gasteiger partial charge in [-0.1, -0.05) is 45.2 Å². The average Bonchev–Trinajstić information content (AvgIpc) is 2.34. The van der Waals surface area contributed by atoms with Crippen LogP contribution in [-0.4, -0.2) is 0 Å². The van der Waals surface area contributed by atoms with Crippen LogP contribution in [0.15, 0.2) is 36.4 Å². The first kappa shape index (κ1) is 13.9. The number of aryl methyl sites for hydroxylation is 1. The summed E-state index contributed by atoms with van der Waals surface area (Å²) in [5.74, 6) is -0.266. The van der Waals surface area contributed by atoms with Crippen molar-refractivity contribution in [2.45, 2.75) is 11.8 Å². The third-order valence-electron chi connectivity index (χ3n) is 2.75.